The third kappa shape index (κ3) is 2.80. The van der Waals surface area contributed by atoms with Gasteiger partial charge in [-0.25, -0.2) is 4.39 Å². The fourth-order valence-corrected chi connectivity index (χ4v) is 5.12. The Labute approximate surface area is 146 Å². The highest BCUT2D eigenvalue weighted by Crippen LogP contribution is 2.47. The zero-order chi connectivity index (χ0) is 16.7. The minimum atomic E-state index is -0.191. The van der Waals surface area contributed by atoms with Gasteiger partial charge in [0.05, 0.1) is 12.2 Å². The van der Waals surface area contributed by atoms with Gasteiger partial charge in [0, 0.05) is 43.4 Å². The van der Waals surface area contributed by atoms with Gasteiger partial charge in [-0.05, 0) is 42.9 Å². The molecule has 24 heavy (non-hydrogen) atoms. The molecule has 1 N–H and O–H groups in total. The third-order valence-corrected chi connectivity index (χ3v) is 6.48. The summed E-state index contributed by atoms with van der Waals surface area (Å²) in [6.07, 6.45) is 5.35. The van der Waals surface area contributed by atoms with Crippen LogP contribution in [0.4, 0.5) is 4.39 Å². The van der Waals surface area contributed by atoms with Gasteiger partial charge in [-0.2, -0.15) is 0 Å². The fraction of sp³-hybridized carbons (Fsp3) is 0.611. The van der Waals surface area contributed by atoms with Crippen molar-refractivity contribution in [2.45, 2.75) is 36.5 Å². The van der Waals surface area contributed by atoms with Crippen molar-refractivity contribution in [3.8, 4) is 0 Å². The summed E-state index contributed by atoms with van der Waals surface area (Å²) in [6.45, 7) is 2.63. The number of likely N-dealkylation sites (tertiary alicyclic amines) is 1. The van der Waals surface area contributed by atoms with Crippen LogP contribution in [0, 0.1) is 17.7 Å². The molecular formula is C18H24FN3OS. The predicted molar refractivity (Wildman–Crippen MR) is 94.8 cm³/mol. The van der Waals surface area contributed by atoms with Crippen LogP contribution in [-0.4, -0.2) is 49.5 Å². The quantitative estimate of drug-likeness (QED) is 0.517. The van der Waals surface area contributed by atoms with Gasteiger partial charge < -0.3 is 15.0 Å². The van der Waals surface area contributed by atoms with Crippen molar-refractivity contribution in [1.82, 2.24) is 10.2 Å². The first-order valence-corrected chi connectivity index (χ1v) is 9.85. The van der Waals surface area contributed by atoms with Crippen molar-refractivity contribution in [3.63, 3.8) is 0 Å². The molecule has 3 aliphatic rings. The SMILES string of the molecule is CN=C(NCc1cc(F)ccc1SC)N1CC2C3CCC(O3)C2C1. The molecule has 3 heterocycles. The lowest BCUT2D eigenvalue weighted by Crippen LogP contribution is -2.41. The van der Waals surface area contributed by atoms with Crippen LogP contribution in [-0.2, 0) is 11.3 Å². The van der Waals surface area contributed by atoms with Crippen LogP contribution in [0.5, 0.6) is 0 Å². The number of thioether (sulfide) groups is 1. The molecule has 4 atom stereocenters. The van der Waals surface area contributed by atoms with Crippen molar-refractivity contribution < 1.29 is 9.13 Å². The average Bonchev–Trinajstić information content (AvgIpc) is 3.28. The van der Waals surface area contributed by atoms with Crippen LogP contribution in [0.15, 0.2) is 28.1 Å². The maximum Gasteiger partial charge on any atom is 0.193 e. The summed E-state index contributed by atoms with van der Waals surface area (Å²) >= 11 is 1.64. The number of halogens is 1. The molecule has 0 saturated carbocycles. The van der Waals surface area contributed by atoms with Crippen LogP contribution in [0.2, 0.25) is 0 Å². The van der Waals surface area contributed by atoms with E-state index in [4.69, 9.17) is 4.74 Å². The van der Waals surface area contributed by atoms with Crippen molar-refractivity contribution in [2.24, 2.45) is 16.8 Å². The Morgan fingerprint density at radius 1 is 1.33 bits per heavy atom. The Morgan fingerprint density at radius 2 is 2.04 bits per heavy atom. The lowest BCUT2D eigenvalue weighted by atomic mass is 9.82. The maximum atomic E-state index is 13.5. The molecule has 0 radical (unpaired) electrons. The average molecular weight is 349 g/mol. The molecule has 4 unspecified atom stereocenters. The monoisotopic (exact) mass is 349 g/mol. The topological polar surface area (TPSA) is 36.9 Å². The Bertz CT molecular complexity index is 635. The fourth-order valence-electron chi connectivity index (χ4n) is 4.52. The van der Waals surface area contributed by atoms with Crippen LogP contribution in [0.1, 0.15) is 18.4 Å². The third-order valence-electron chi connectivity index (χ3n) is 5.64. The second-order valence-corrected chi connectivity index (χ2v) is 7.73. The highest BCUT2D eigenvalue weighted by atomic mass is 32.2. The normalized spacial score (nSPS) is 31.6. The van der Waals surface area contributed by atoms with Gasteiger partial charge in [-0.15, -0.1) is 11.8 Å². The molecule has 130 valence electrons. The van der Waals surface area contributed by atoms with Gasteiger partial charge in [0.2, 0.25) is 0 Å². The molecule has 0 amide bonds. The second-order valence-electron chi connectivity index (χ2n) is 6.88. The molecule has 0 aromatic heterocycles. The van der Waals surface area contributed by atoms with E-state index in [0.29, 0.717) is 30.6 Å². The molecule has 3 aliphatic heterocycles. The smallest absolute Gasteiger partial charge is 0.193 e. The van der Waals surface area contributed by atoms with Crippen LogP contribution >= 0.6 is 11.8 Å². The highest BCUT2D eigenvalue weighted by Gasteiger charge is 2.53. The minimum absolute atomic E-state index is 0.191. The molecule has 6 heteroatoms. The number of hydrogen-bond donors (Lipinski definition) is 1. The first-order valence-electron chi connectivity index (χ1n) is 8.63. The van der Waals surface area contributed by atoms with E-state index in [1.54, 1.807) is 17.8 Å². The van der Waals surface area contributed by atoms with Gasteiger partial charge in [-0.3, -0.25) is 4.99 Å². The lowest BCUT2D eigenvalue weighted by Gasteiger charge is -2.23. The number of hydrogen-bond acceptors (Lipinski definition) is 3. The van der Waals surface area contributed by atoms with Crippen molar-refractivity contribution >= 4 is 17.7 Å². The number of fused-ring (bicyclic) bond motifs is 5. The molecule has 0 aliphatic carbocycles. The number of nitrogens with one attached hydrogen (secondary N) is 1. The number of aliphatic imine (C=N–C) groups is 1. The van der Waals surface area contributed by atoms with E-state index >= 15 is 0 Å². The summed E-state index contributed by atoms with van der Waals surface area (Å²) in [7, 11) is 1.82. The Balaban J connectivity index is 1.42. The molecule has 4 nitrogen and oxygen atoms in total. The Morgan fingerprint density at radius 3 is 2.67 bits per heavy atom. The molecule has 3 saturated heterocycles. The van der Waals surface area contributed by atoms with E-state index in [1.165, 1.54) is 18.9 Å². The molecule has 3 fully saturated rings. The minimum Gasteiger partial charge on any atom is -0.374 e. The molecule has 4 rings (SSSR count). The summed E-state index contributed by atoms with van der Waals surface area (Å²) in [6, 6.07) is 4.97. The van der Waals surface area contributed by atoms with E-state index < -0.39 is 0 Å². The first kappa shape index (κ1) is 16.2. The van der Waals surface area contributed by atoms with Gasteiger partial charge in [-0.1, -0.05) is 0 Å². The van der Waals surface area contributed by atoms with Gasteiger partial charge in [0.1, 0.15) is 5.82 Å². The predicted octanol–water partition coefficient (Wildman–Crippen LogP) is 2.73. The van der Waals surface area contributed by atoms with E-state index in [2.05, 4.69) is 15.2 Å². The van der Waals surface area contributed by atoms with Gasteiger partial charge in [0.25, 0.3) is 0 Å². The van der Waals surface area contributed by atoms with Crippen molar-refractivity contribution in [3.05, 3.63) is 29.6 Å². The Hall–Kier alpha value is -1.27. The van der Waals surface area contributed by atoms with Crippen LogP contribution in [0.25, 0.3) is 0 Å². The summed E-state index contributed by atoms with van der Waals surface area (Å²) in [5.74, 6) is 2.03. The Kier molecular flexibility index (Phi) is 4.43. The van der Waals surface area contributed by atoms with Gasteiger partial charge in [0.15, 0.2) is 5.96 Å². The summed E-state index contributed by atoms with van der Waals surface area (Å²) in [5.41, 5.74) is 0.978. The van der Waals surface area contributed by atoms with Crippen LogP contribution < -0.4 is 5.32 Å². The number of benzene rings is 1. The van der Waals surface area contributed by atoms with Gasteiger partial charge >= 0.3 is 0 Å². The number of ether oxygens (including phenoxy) is 1. The molecule has 1 aromatic carbocycles. The number of rotatable bonds is 3. The molecule has 0 spiro atoms. The summed E-state index contributed by atoms with van der Waals surface area (Å²) in [4.78, 5) is 7.90. The van der Waals surface area contributed by atoms with Crippen LogP contribution in [0.3, 0.4) is 0 Å². The summed E-state index contributed by atoms with van der Waals surface area (Å²) < 4.78 is 19.6. The molecule has 2 bridgehead atoms. The second kappa shape index (κ2) is 6.56. The van der Waals surface area contributed by atoms with Crippen molar-refractivity contribution in [1.29, 1.82) is 0 Å². The summed E-state index contributed by atoms with van der Waals surface area (Å²) in [5, 5.41) is 3.42. The van der Waals surface area contributed by atoms with Crippen molar-refractivity contribution in [2.75, 3.05) is 26.4 Å². The van der Waals surface area contributed by atoms with E-state index in [-0.39, 0.29) is 5.82 Å². The van der Waals surface area contributed by atoms with E-state index in [1.807, 2.05) is 19.4 Å². The zero-order valence-corrected chi connectivity index (χ0v) is 15.0. The molecular weight excluding hydrogens is 325 g/mol. The standard InChI is InChI=1S/C18H24FN3OS/c1-20-18(21-8-11-7-12(19)3-6-17(11)24-2)22-9-13-14(10-22)16-5-4-15(13)23-16/h3,6-7,13-16H,4-5,8-10H2,1-2H3,(H,20,21). The largest absolute Gasteiger partial charge is 0.374 e. The maximum absolute atomic E-state index is 13.5. The first-order chi connectivity index (χ1) is 11.7. The van der Waals surface area contributed by atoms with E-state index in [9.17, 15) is 4.39 Å². The number of nitrogens with zero attached hydrogens (tertiary/aromatic N) is 2. The zero-order valence-electron chi connectivity index (χ0n) is 14.2. The highest BCUT2D eigenvalue weighted by molar-refractivity contribution is 7.98. The number of guanidine groups is 1. The van der Waals surface area contributed by atoms with E-state index in [0.717, 1.165) is 29.5 Å². The lowest BCUT2D eigenvalue weighted by molar-refractivity contribution is 0.0767. The molecule has 1 aromatic rings.